The zero-order valence-corrected chi connectivity index (χ0v) is 14.2. The van der Waals surface area contributed by atoms with Gasteiger partial charge in [-0.15, -0.1) is 0 Å². The summed E-state index contributed by atoms with van der Waals surface area (Å²) in [7, 11) is 0. The molecule has 0 saturated heterocycles. The predicted octanol–water partition coefficient (Wildman–Crippen LogP) is 5.12. The minimum atomic E-state index is 0.631. The molecule has 0 radical (unpaired) electrons. The molecule has 2 rings (SSSR count). The third-order valence-electron chi connectivity index (χ3n) is 5.04. The molecule has 1 aromatic carbocycles. The lowest BCUT2D eigenvalue weighted by molar-refractivity contribution is 0.265. The molecule has 0 amide bonds. The lowest BCUT2D eigenvalue weighted by Crippen LogP contribution is -2.29. The number of rotatable bonds is 7. The van der Waals surface area contributed by atoms with Crippen molar-refractivity contribution in [2.75, 3.05) is 6.54 Å². The van der Waals surface area contributed by atoms with E-state index in [1.54, 1.807) is 0 Å². The van der Waals surface area contributed by atoms with Crippen LogP contribution in [0.4, 0.5) is 0 Å². The Labute approximate surface area is 131 Å². The van der Waals surface area contributed by atoms with Crippen molar-refractivity contribution >= 4 is 0 Å². The normalized spacial score (nSPS) is 24.0. The molecule has 1 heteroatoms. The van der Waals surface area contributed by atoms with Gasteiger partial charge >= 0.3 is 0 Å². The Kier molecular flexibility index (Phi) is 6.76. The maximum Gasteiger partial charge on any atom is 0.00418 e. The van der Waals surface area contributed by atoms with Crippen LogP contribution in [0, 0.1) is 18.8 Å². The highest BCUT2D eigenvalue weighted by Crippen LogP contribution is 2.30. The van der Waals surface area contributed by atoms with Crippen LogP contribution in [0.3, 0.4) is 0 Å². The van der Waals surface area contributed by atoms with Gasteiger partial charge < -0.3 is 5.32 Å². The van der Waals surface area contributed by atoms with Crippen LogP contribution < -0.4 is 5.32 Å². The monoisotopic (exact) mass is 287 g/mol. The average molecular weight is 287 g/mol. The molecule has 0 aliphatic heterocycles. The Morgan fingerprint density at radius 1 is 1.29 bits per heavy atom. The topological polar surface area (TPSA) is 12.0 Å². The maximum absolute atomic E-state index is 3.73. The quantitative estimate of drug-likeness (QED) is 0.733. The molecule has 1 nitrogen and oxygen atoms in total. The summed E-state index contributed by atoms with van der Waals surface area (Å²) < 4.78 is 0. The van der Waals surface area contributed by atoms with Crippen LogP contribution in [-0.2, 0) is 6.42 Å². The fourth-order valence-electron chi connectivity index (χ4n) is 3.71. The molecule has 0 aromatic heterocycles. The van der Waals surface area contributed by atoms with Gasteiger partial charge in [0.05, 0.1) is 0 Å². The van der Waals surface area contributed by atoms with E-state index >= 15 is 0 Å². The van der Waals surface area contributed by atoms with Gasteiger partial charge in [0.1, 0.15) is 0 Å². The summed E-state index contributed by atoms with van der Waals surface area (Å²) in [6, 6.07) is 9.55. The largest absolute Gasteiger partial charge is 0.314 e. The van der Waals surface area contributed by atoms with E-state index < -0.39 is 0 Å². The number of hydrogen-bond acceptors (Lipinski definition) is 1. The first-order chi connectivity index (χ1) is 10.1. The van der Waals surface area contributed by atoms with Gasteiger partial charge in [0.15, 0.2) is 0 Å². The number of hydrogen-bond donors (Lipinski definition) is 1. The average Bonchev–Trinajstić information content (AvgIpc) is 2.45. The van der Waals surface area contributed by atoms with Crippen molar-refractivity contribution in [3.05, 3.63) is 35.4 Å². The Morgan fingerprint density at radius 3 is 2.90 bits per heavy atom. The van der Waals surface area contributed by atoms with E-state index in [0.717, 1.165) is 11.8 Å². The fraction of sp³-hybridized carbons (Fsp3) is 0.700. The van der Waals surface area contributed by atoms with Crippen molar-refractivity contribution in [3.63, 3.8) is 0 Å². The number of aryl methyl sites for hydroxylation is 2. The minimum absolute atomic E-state index is 0.631. The second-order valence-electron chi connectivity index (χ2n) is 7.31. The van der Waals surface area contributed by atoms with Gasteiger partial charge in [0.25, 0.3) is 0 Å². The third-order valence-corrected chi connectivity index (χ3v) is 5.04. The smallest absolute Gasteiger partial charge is 0.00418 e. The van der Waals surface area contributed by atoms with Crippen LogP contribution >= 0.6 is 0 Å². The molecule has 3 unspecified atom stereocenters. The molecule has 1 aromatic rings. The van der Waals surface area contributed by atoms with Crippen LogP contribution in [0.25, 0.3) is 0 Å². The fourth-order valence-corrected chi connectivity index (χ4v) is 3.71. The van der Waals surface area contributed by atoms with Gasteiger partial charge in [0, 0.05) is 6.04 Å². The van der Waals surface area contributed by atoms with E-state index in [1.165, 1.54) is 62.6 Å². The molecule has 118 valence electrons. The molecule has 1 N–H and O–H groups in total. The van der Waals surface area contributed by atoms with E-state index in [-0.39, 0.29) is 0 Å². The first-order valence-corrected chi connectivity index (χ1v) is 8.92. The summed E-state index contributed by atoms with van der Waals surface area (Å²) in [5, 5.41) is 3.73. The summed E-state index contributed by atoms with van der Waals surface area (Å²) >= 11 is 0. The standard InChI is InChI=1S/C20H33N/c1-16-6-4-8-19(14-16)11-10-18(3)21-13-12-20-9-5-7-17(2)15-20/h4,6,8,14,17-18,20-21H,5,7,9-13,15H2,1-3H3. The van der Waals surface area contributed by atoms with Crippen molar-refractivity contribution in [2.24, 2.45) is 11.8 Å². The highest BCUT2D eigenvalue weighted by Gasteiger charge is 2.18. The molecule has 1 aliphatic rings. The predicted molar refractivity (Wildman–Crippen MR) is 92.7 cm³/mol. The molecule has 0 heterocycles. The summed E-state index contributed by atoms with van der Waals surface area (Å²) in [6.07, 6.45) is 9.63. The highest BCUT2D eigenvalue weighted by atomic mass is 14.9. The lowest BCUT2D eigenvalue weighted by Gasteiger charge is -2.27. The van der Waals surface area contributed by atoms with E-state index in [0.29, 0.717) is 6.04 Å². The highest BCUT2D eigenvalue weighted by molar-refractivity contribution is 5.22. The molecule has 21 heavy (non-hydrogen) atoms. The zero-order valence-electron chi connectivity index (χ0n) is 14.2. The molecule has 0 bridgehead atoms. The van der Waals surface area contributed by atoms with Crippen LogP contribution in [0.5, 0.6) is 0 Å². The number of benzene rings is 1. The summed E-state index contributed by atoms with van der Waals surface area (Å²) in [5.74, 6) is 1.94. The van der Waals surface area contributed by atoms with Crippen molar-refractivity contribution < 1.29 is 0 Å². The second kappa shape index (κ2) is 8.58. The summed E-state index contributed by atoms with van der Waals surface area (Å²) in [4.78, 5) is 0. The summed E-state index contributed by atoms with van der Waals surface area (Å²) in [6.45, 7) is 8.13. The molecule has 1 fully saturated rings. The van der Waals surface area contributed by atoms with Crippen molar-refractivity contribution in [2.45, 2.75) is 71.8 Å². The SMILES string of the molecule is Cc1cccc(CCC(C)NCCC2CCCC(C)C2)c1. The van der Waals surface area contributed by atoms with Crippen molar-refractivity contribution in [3.8, 4) is 0 Å². The molecule has 1 aliphatic carbocycles. The van der Waals surface area contributed by atoms with Crippen molar-refractivity contribution in [1.82, 2.24) is 5.32 Å². The van der Waals surface area contributed by atoms with Crippen LogP contribution in [-0.4, -0.2) is 12.6 Å². The first-order valence-electron chi connectivity index (χ1n) is 8.92. The van der Waals surface area contributed by atoms with E-state index in [2.05, 4.69) is 50.4 Å². The van der Waals surface area contributed by atoms with Gasteiger partial charge in [-0.05, 0) is 63.5 Å². The van der Waals surface area contributed by atoms with Crippen LogP contribution in [0.1, 0.15) is 63.5 Å². The molecule has 0 spiro atoms. The van der Waals surface area contributed by atoms with Crippen LogP contribution in [0.2, 0.25) is 0 Å². The van der Waals surface area contributed by atoms with Gasteiger partial charge in [-0.3, -0.25) is 0 Å². The van der Waals surface area contributed by atoms with E-state index in [4.69, 9.17) is 0 Å². The second-order valence-corrected chi connectivity index (χ2v) is 7.31. The Morgan fingerprint density at radius 2 is 2.14 bits per heavy atom. The summed E-state index contributed by atoms with van der Waals surface area (Å²) in [5.41, 5.74) is 2.85. The van der Waals surface area contributed by atoms with Crippen molar-refractivity contribution in [1.29, 1.82) is 0 Å². The molecule has 3 atom stereocenters. The molecular formula is C20H33N. The molecular weight excluding hydrogens is 254 g/mol. The first kappa shape index (κ1) is 16.5. The Balaban J connectivity index is 1.60. The van der Waals surface area contributed by atoms with Gasteiger partial charge in [0.2, 0.25) is 0 Å². The Bertz CT molecular complexity index is 412. The van der Waals surface area contributed by atoms with Gasteiger partial charge in [-0.25, -0.2) is 0 Å². The Hall–Kier alpha value is -0.820. The van der Waals surface area contributed by atoms with Crippen LogP contribution in [0.15, 0.2) is 24.3 Å². The third kappa shape index (κ3) is 6.22. The van der Waals surface area contributed by atoms with E-state index in [1.807, 2.05) is 0 Å². The van der Waals surface area contributed by atoms with Gasteiger partial charge in [-0.1, -0.05) is 56.0 Å². The molecule has 1 saturated carbocycles. The zero-order chi connectivity index (χ0) is 15.1. The van der Waals surface area contributed by atoms with E-state index in [9.17, 15) is 0 Å². The maximum atomic E-state index is 3.73. The number of nitrogens with one attached hydrogen (secondary N) is 1. The lowest BCUT2D eigenvalue weighted by atomic mass is 9.81. The minimum Gasteiger partial charge on any atom is -0.314 e. The van der Waals surface area contributed by atoms with Gasteiger partial charge in [-0.2, -0.15) is 0 Å².